The van der Waals surface area contributed by atoms with E-state index in [2.05, 4.69) is 39.8 Å². The normalized spacial score (nSPS) is 14.8. The third-order valence-corrected chi connectivity index (χ3v) is 3.88. The van der Waals surface area contributed by atoms with Crippen molar-refractivity contribution in [1.29, 1.82) is 0 Å². The van der Waals surface area contributed by atoms with Crippen LogP contribution in [0, 0.1) is 13.8 Å². The SMILES string of the molecule is Cc1cccc(-c2nc(N)nc(N3CCCC3)n2)c1C. The lowest BCUT2D eigenvalue weighted by molar-refractivity contribution is 0.887. The van der Waals surface area contributed by atoms with Crippen molar-refractivity contribution in [1.82, 2.24) is 15.0 Å². The average Bonchev–Trinajstić information content (AvgIpc) is 2.95. The molecule has 1 aliphatic heterocycles. The first kappa shape index (κ1) is 12.8. The number of nitrogens with two attached hydrogens (primary N) is 1. The first-order chi connectivity index (χ1) is 9.65. The molecule has 5 nitrogen and oxygen atoms in total. The van der Waals surface area contributed by atoms with E-state index in [0.717, 1.165) is 18.7 Å². The van der Waals surface area contributed by atoms with E-state index in [9.17, 15) is 0 Å². The minimum Gasteiger partial charge on any atom is -0.368 e. The van der Waals surface area contributed by atoms with Crippen LogP contribution in [0.25, 0.3) is 11.4 Å². The van der Waals surface area contributed by atoms with E-state index >= 15 is 0 Å². The quantitative estimate of drug-likeness (QED) is 0.906. The third-order valence-electron chi connectivity index (χ3n) is 3.88. The van der Waals surface area contributed by atoms with Gasteiger partial charge in [-0.05, 0) is 37.8 Å². The zero-order chi connectivity index (χ0) is 14.1. The van der Waals surface area contributed by atoms with Crippen LogP contribution in [0.3, 0.4) is 0 Å². The molecule has 2 heterocycles. The van der Waals surface area contributed by atoms with E-state index in [1.807, 2.05) is 12.1 Å². The smallest absolute Gasteiger partial charge is 0.230 e. The zero-order valence-electron chi connectivity index (χ0n) is 11.9. The van der Waals surface area contributed by atoms with Crippen LogP contribution in [-0.2, 0) is 0 Å². The maximum atomic E-state index is 5.86. The Kier molecular flexibility index (Phi) is 3.26. The van der Waals surface area contributed by atoms with Crippen molar-refractivity contribution >= 4 is 11.9 Å². The summed E-state index contributed by atoms with van der Waals surface area (Å²) in [5.41, 5.74) is 9.30. The molecular formula is C15H19N5. The van der Waals surface area contributed by atoms with Crippen LogP contribution in [0.4, 0.5) is 11.9 Å². The highest BCUT2D eigenvalue weighted by molar-refractivity contribution is 5.63. The van der Waals surface area contributed by atoms with Gasteiger partial charge in [-0.2, -0.15) is 15.0 Å². The molecule has 104 valence electrons. The van der Waals surface area contributed by atoms with Crippen LogP contribution in [0.1, 0.15) is 24.0 Å². The second-order valence-corrected chi connectivity index (χ2v) is 5.26. The number of aromatic nitrogens is 3. The van der Waals surface area contributed by atoms with Crippen molar-refractivity contribution in [2.45, 2.75) is 26.7 Å². The standard InChI is InChI=1S/C15H19N5/c1-10-6-5-7-12(11(10)2)13-17-14(16)19-15(18-13)20-8-3-4-9-20/h5-7H,3-4,8-9H2,1-2H3,(H2,16,17,18,19). The van der Waals surface area contributed by atoms with Crippen molar-refractivity contribution in [2.75, 3.05) is 23.7 Å². The molecule has 2 N–H and O–H groups in total. The van der Waals surface area contributed by atoms with Gasteiger partial charge >= 0.3 is 0 Å². The summed E-state index contributed by atoms with van der Waals surface area (Å²) in [5, 5.41) is 0. The van der Waals surface area contributed by atoms with E-state index in [-0.39, 0.29) is 5.95 Å². The van der Waals surface area contributed by atoms with Crippen LogP contribution >= 0.6 is 0 Å². The minimum absolute atomic E-state index is 0.290. The van der Waals surface area contributed by atoms with Gasteiger partial charge in [0.1, 0.15) is 0 Å². The minimum atomic E-state index is 0.290. The largest absolute Gasteiger partial charge is 0.368 e. The van der Waals surface area contributed by atoms with Crippen LogP contribution in [-0.4, -0.2) is 28.0 Å². The van der Waals surface area contributed by atoms with E-state index in [1.165, 1.54) is 24.0 Å². The lowest BCUT2D eigenvalue weighted by atomic mass is 10.0. The molecule has 0 spiro atoms. The van der Waals surface area contributed by atoms with Gasteiger partial charge in [0.2, 0.25) is 11.9 Å². The van der Waals surface area contributed by atoms with Gasteiger partial charge in [0, 0.05) is 18.7 Å². The van der Waals surface area contributed by atoms with Crippen molar-refractivity contribution in [2.24, 2.45) is 0 Å². The van der Waals surface area contributed by atoms with Gasteiger partial charge in [-0.25, -0.2) is 0 Å². The summed E-state index contributed by atoms with van der Waals surface area (Å²) in [4.78, 5) is 15.4. The van der Waals surface area contributed by atoms with Crippen molar-refractivity contribution in [3.63, 3.8) is 0 Å². The molecule has 0 amide bonds. The lowest BCUT2D eigenvalue weighted by Gasteiger charge is -2.16. The molecule has 1 fully saturated rings. The average molecular weight is 269 g/mol. The van der Waals surface area contributed by atoms with Gasteiger partial charge in [0.25, 0.3) is 0 Å². The van der Waals surface area contributed by atoms with E-state index in [1.54, 1.807) is 0 Å². The van der Waals surface area contributed by atoms with E-state index < -0.39 is 0 Å². The molecule has 0 radical (unpaired) electrons. The summed E-state index contributed by atoms with van der Waals surface area (Å²) in [6.07, 6.45) is 2.37. The predicted molar refractivity (Wildman–Crippen MR) is 80.6 cm³/mol. The van der Waals surface area contributed by atoms with Gasteiger partial charge in [-0.15, -0.1) is 0 Å². The fourth-order valence-corrected chi connectivity index (χ4v) is 2.55. The van der Waals surface area contributed by atoms with Crippen molar-refractivity contribution in [3.05, 3.63) is 29.3 Å². The number of hydrogen-bond acceptors (Lipinski definition) is 5. The maximum Gasteiger partial charge on any atom is 0.230 e. The number of anilines is 2. The van der Waals surface area contributed by atoms with Gasteiger partial charge < -0.3 is 10.6 Å². The first-order valence-electron chi connectivity index (χ1n) is 6.98. The fraction of sp³-hybridized carbons (Fsp3) is 0.400. The summed E-state index contributed by atoms with van der Waals surface area (Å²) in [7, 11) is 0. The molecule has 0 bridgehead atoms. The Morgan fingerprint density at radius 3 is 2.55 bits per heavy atom. The number of hydrogen-bond donors (Lipinski definition) is 1. The Bertz CT molecular complexity index is 632. The maximum absolute atomic E-state index is 5.86. The Morgan fingerprint density at radius 2 is 1.80 bits per heavy atom. The van der Waals surface area contributed by atoms with Crippen molar-refractivity contribution < 1.29 is 0 Å². The van der Waals surface area contributed by atoms with Crippen LogP contribution in [0.15, 0.2) is 18.2 Å². The van der Waals surface area contributed by atoms with Gasteiger partial charge in [-0.1, -0.05) is 18.2 Å². The summed E-state index contributed by atoms with van der Waals surface area (Å²) in [6.45, 7) is 6.16. The molecule has 0 unspecified atom stereocenters. The molecule has 2 aromatic rings. The molecule has 3 rings (SSSR count). The summed E-state index contributed by atoms with van der Waals surface area (Å²) < 4.78 is 0. The molecule has 1 aromatic heterocycles. The van der Waals surface area contributed by atoms with Gasteiger partial charge in [0.15, 0.2) is 5.82 Å². The summed E-state index contributed by atoms with van der Waals surface area (Å²) >= 11 is 0. The van der Waals surface area contributed by atoms with Crippen LogP contribution in [0.2, 0.25) is 0 Å². The Labute approximate surface area is 118 Å². The number of nitrogens with zero attached hydrogens (tertiary/aromatic N) is 4. The first-order valence-corrected chi connectivity index (χ1v) is 6.98. The Morgan fingerprint density at radius 1 is 1.05 bits per heavy atom. The highest BCUT2D eigenvalue weighted by atomic mass is 15.3. The number of rotatable bonds is 2. The van der Waals surface area contributed by atoms with Crippen LogP contribution in [0.5, 0.6) is 0 Å². The summed E-state index contributed by atoms with van der Waals surface area (Å²) in [5.74, 6) is 1.66. The highest BCUT2D eigenvalue weighted by Gasteiger charge is 2.18. The monoisotopic (exact) mass is 269 g/mol. The number of benzene rings is 1. The molecule has 20 heavy (non-hydrogen) atoms. The van der Waals surface area contributed by atoms with Gasteiger partial charge in [0.05, 0.1) is 0 Å². The molecule has 0 atom stereocenters. The number of nitrogen functional groups attached to an aromatic ring is 1. The Hall–Kier alpha value is -2.17. The second-order valence-electron chi connectivity index (χ2n) is 5.26. The molecule has 0 saturated carbocycles. The van der Waals surface area contributed by atoms with Crippen molar-refractivity contribution in [3.8, 4) is 11.4 Å². The molecule has 0 aliphatic carbocycles. The topological polar surface area (TPSA) is 67.9 Å². The van der Waals surface area contributed by atoms with Crippen LogP contribution < -0.4 is 10.6 Å². The molecule has 1 aliphatic rings. The predicted octanol–water partition coefficient (Wildman–Crippen LogP) is 2.34. The number of aryl methyl sites for hydroxylation is 1. The fourth-order valence-electron chi connectivity index (χ4n) is 2.55. The van der Waals surface area contributed by atoms with E-state index in [4.69, 9.17) is 5.73 Å². The molecular weight excluding hydrogens is 250 g/mol. The highest BCUT2D eigenvalue weighted by Crippen LogP contribution is 2.25. The van der Waals surface area contributed by atoms with E-state index in [0.29, 0.717) is 11.8 Å². The molecule has 1 saturated heterocycles. The second kappa shape index (κ2) is 5.07. The zero-order valence-corrected chi connectivity index (χ0v) is 11.9. The van der Waals surface area contributed by atoms with Gasteiger partial charge in [-0.3, -0.25) is 0 Å². The molecule has 1 aromatic carbocycles. The third kappa shape index (κ3) is 2.31. The summed E-state index contributed by atoms with van der Waals surface area (Å²) in [6, 6.07) is 6.14. The lowest BCUT2D eigenvalue weighted by Crippen LogP contribution is -2.21. The Balaban J connectivity index is 2.07. The molecule has 5 heteroatoms.